The molecule has 4 nitrogen and oxygen atoms in total. The van der Waals surface area contributed by atoms with Gasteiger partial charge >= 0.3 is 0 Å². The Bertz CT molecular complexity index is 418. The third-order valence-electron chi connectivity index (χ3n) is 3.25. The molecule has 1 fully saturated rings. The number of hydrogen-bond donors (Lipinski definition) is 2. The highest BCUT2D eigenvalue weighted by Crippen LogP contribution is 2.31. The Morgan fingerprint density at radius 3 is 2.83 bits per heavy atom. The van der Waals surface area contributed by atoms with E-state index in [9.17, 15) is 5.11 Å². The fourth-order valence-corrected chi connectivity index (χ4v) is 2.37. The Kier molecular flexibility index (Phi) is 3.66. The number of methoxy groups -OCH3 is 1. The van der Waals surface area contributed by atoms with Crippen LogP contribution in [-0.4, -0.2) is 30.5 Å². The van der Waals surface area contributed by atoms with E-state index in [0.29, 0.717) is 11.8 Å². The van der Waals surface area contributed by atoms with Crippen LogP contribution in [0, 0.1) is 0 Å². The van der Waals surface area contributed by atoms with Gasteiger partial charge in [-0.3, -0.25) is 0 Å². The van der Waals surface area contributed by atoms with Gasteiger partial charge in [0.05, 0.1) is 12.7 Å². The number of rotatable bonds is 3. The standard InChI is InChI=1S/C14H21NO3/c1-14(2)9-11(6-7-18-14)15-10-4-5-13(17-3)12(16)8-10/h4-5,8,11,15-16H,6-7,9H2,1-3H3. The first-order chi connectivity index (χ1) is 8.50. The van der Waals surface area contributed by atoms with Crippen molar-refractivity contribution >= 4 is 5.69 Å². The molecule has 0 spiro atoms. The summed E-state index contributed by atoms with van der Waals surface area (Å²) in [6, 6.07) is 5.76. The lowest BCUT2D eigenvalue weighted by atomic mass is 9.94. The van der Waals surface area contributed by atoms with Crippen LogP contribution in [0.3, 0.4) is 0 Å². The molecule has 1 aromatic carbocycles. The maximum atomic E-state index is 9.73. The number of aromatic hydroxyl groups is 1. The molecule has 4 heteroatoms. The summed E-state index contributed by atoms with van der Waals surface area (Å²) in [6.07, 6.45) is 1.94. The number of nitrogens with one attached hydrogen (secondary N) is 1. The topological polar surface area (TPSA) is 50.7 Å². The number of ether oxygens (including phenoxy) is 2. The monoisotopic (exact) mass is 251 g/mol. The third kappa shape index (κ3) is 3.07. The molecule has 1 unspecified atom stereocenters. The van der Waals surface area contributed by atoms with Gasteiger partial charge in [-0.2, -0.15) is 0 Å². The molecule has 1 aromatic rings. The summed E-state index contributed by atoms with van der Waals surface area (Å²) in [5, 5.41) is 13.2. The third-order valence-corrected chi connectivity index (χ3v) is 3.25. The molecule has 1 heterocycles. The van der Waals surface area contributed by atoms with Gasteiger partial charge in [-0.1, -0.05) is 0 Å². The summed E-state index contributed by atoms with van der Waals surface area (Å²) in [6.45, 7) is 4.98. The maximum Gasteiger partial charge on any atom is 0.160 e. The number of anilines is 1. The molecule has 0 bridgehead atoms. The second-order valence-corrected chi connectivity index (χ2v) is 5.33. The highest BCUT2D eigenvalue weighted by Gasteiger charge is 2.28. The van der Waals surface area contributed by atoms with Crippen LogP contribution >= 0.6 is 0 Å². The van der Waals surface area contributed by atoms with Crippen LogP contribution < -0.4 is 10.1 Å². The van der Waals surface area contributed by atoms with E-state index in [1.54, 1.807) is 19.2 Å². The summed E-state index contributed by atoms with van der Waals surface area (Å²) in [7, 11) is 1.54. The van der Waals surface area contributed by atoms with Gasteiger partial charge in [-0.25, -0.2) is 0 Å². The molecule has 2 rings (SSSR count). The minimum Gasteiger partial charge on any atom is -0.504 e. The number of benzene rings is 1. The average Bonchev–Trinajstić information content (AvgIpc) is 2.28. The summed E-state index contributed by atoms with van der Waals surface area (Å²) in [5.41, 5.74) is 0.834. The summed E-state index contributed by atoms with van der Waals surface area (Å²) >= 11 is 0. The molecule has 100 valence electrons. The highest BCUT2D eigenvalue weighted by molar-refractivity contribution is 5.54. The molecule has 2 N–H and O–H groups in total. The molecular formula is C14H21NO3. The molecule has 1 atom stereocenters. The smallest absolute Gasteiger partial charge is 0.160 e. The van der Waals surface area contributed by atoms with Crippen molar-refractivity contribution in [1.82, 2.24) is 0 Å². The van der Waals surface area contributed by atoms with Gasteiger partial charge in [0, 0.05) is 24.4 Å². The molecule has 0 radical (unpaired) electrons. The fraction of sp³-hybridized carbons (Fsp3) is 0.571. The van der Waals surface area contributed by atoms with E-state index >= 15 is 0 Å². The van der Waals surface area contributed by atoms with Crippen LogP contribution in [-0.2, 0) is 4.74 Å². The van der Waals surface area contributed by atoms with Gasteiger partial charge in [-0.05, 0) is 38.8 Å². The number of hydrogen-bond acceptors (Lipinski definition) is 4. The minimum absolute atomic E-state index is 0.0789. The van der Waals surface area contributed by atoms with E-state index in [1.807, 2.05) is 6.07 Å². The largest absolute Gasteiger partial charge is 0.504 e. The predicted molar refractivity (Wildman–Crippen MR) is 71.3 cm³/mol. The lowest BCUT2D eigenvalue weighted by Gasteiger charge is -2.36. The lowest BCUT2D eigenvalue weighted by Crippen LogP contribution is -2.40. The Hall–Kier alpha value is -1.42. The molecule has 18 heavy (non-hydrogen) atoms. The molecule has 0 amide bonds. The Balaban J connectivity index is 2.03. The quantitative estimate of drug-likeness (QED) is 0.867. The summed E-state index contributed by atoms with van der Waals surface area (Å²) in [5.74, 6) is 0.654. The van der Waals surface area contributed by atoms with Crippen molar-refractivity contribution in [2.24, 2.45) is 0 Å². The minimum atomic E-state index is -0.0789. The van der Waals surface area contributed by atoms with E-state index in [2.05, 4.69) is 19.2 Å². The maximum absolute atomic E-state index is 9.73. The zero-order valence-electron chi connectivity index (χ0n) is 11.2. The first-order valence-electron chi connectivity index (χ1n) is 6.28. The number of phenolic OH excluding ortho intramolecular Hbond substituents is 1. The van der Waals surface area contributed by atoms with Crippen molar-refractivity contribution in [2.45, 2.75) is 38.3 Å². The van der Waals surface area contributed by atoms with Crippen molar-refractivity contribution in [2.75, 3.05) is 19.0 Å². The first-order valence-corrected chi connectivity index (χ1v) is 6.28. The summed E-state index contributed by atoms with van der Waals surface area (Å²) in [4.78, 5) is 0. The van der Waals surface area contributed by atoms with Crippen LogP contribution in [0.5, 0.6) is 11.5 Å². The Morgan fingerprint density at radius 1 is 1.44 bits per heavy atom. The zero-order chi connectivity index (χ0) is 13.2. The van der Waals surface area contributed by atoms with Gasteiger partial charge in [0.15, 0.2) is 11.5 Å². The van der Waals surface area contributed by atoms with Crippen molar-refractivity contribution in [3.05, 3.63) is 18.2 Å². The Labute approximate surface area is 108 Å². The van der Waals surface area contributed by atoms with E-state index in [-0.39, 0.29) is 11.4 Å². The van der Waals surface area contributed by atoms with Crippen LogP contribution in [0.1, 0.15) is 26.7 Å². The molecular weight excluding hydrogens is 230 g/mol. The molecule has 1 saturated heterocycles. The second-order valence-electron chi connectivity index (χ2n) is 5.33. The van der Waals surface area contributed by atoms with Crippen LogP contribution in [0.25, 0.3) is 0 Å². The van der Waals surface area contributed by atoms with Gasteiger partial charge in [-0.15, -0.1) is 0 Å². The van der Waals surface area contributed by atoms with Gasteiger partial charge in [0.2, 0.25) is 0 Å². The van der Waals surface area contributed by atoms with Crippen LogP contribution in [0.2, 0.25) is 0 Å². The average molecular weight is 251 g/mol. The molecule has 1 aliphatic rings. The summed E-state index contributed by atoms with van der Waals surface area (Å²) < 4.78 is 10.7. The van der Waals surface area contributed by atoms with Crippen molar-refractivity contribution in [1.29, 1.82) is 0 Å². The van der Waals surface area contributed by atoms with E-state index in [0.717, 1.165) is 25.1 Å². The van der Waals surface area contributed by atoms with Crippen molar-refractivity contribution in [3.8, 4) is 11.5 Å². The predicted octanol–water partition coefficient (Wildman–Crippen LogP) is 2.77. The van der Waals surface area contributed by atoms with E-state index < -0.39 is 0 Å². The van der Waals surface area contributed by atoms with Gasteiger partial charge < -0.3 is 19.9 Å². The van der Waals surface area contributed by atoms with Crippen molar-refractivity contribution < 1.29 is 14.6 Å². The first kappa shape index (κ1) is 13.0. The zero-order valence-corrected chi connectivity index (χ0v) is 11.2. The van der Waals surface area contributed by atoms with E-state index in [1.165, 1.54) is 0 Å². The van der Waals surface area contributed by atoms with Crippen LogP contribution in [0.15, 0.2) is 18.2 Å². The van der Waals surface area contributed by atoms with Crippen LogP contribution in [0.4, 0.5) is 5.69 Å². The fourth-order valence-electron chi connectivity index (χ4n) is 2.37. The molecule has 0 aliphatic carbocycles. The molecule has 0 saturated carbocycles. The van der Waals surface area contributed by atoms with E-state index in [4.69, 9.17) is 9.47 Å². The SMILES string of the molecule is COc1ccc(NC2CCOC(C)(C)C2)cc1O. The second kappa shape index (κ2) is 5.06. The lowest BCUT2D eigenvalue weighted by molar-refractivity contribution is -0.0553. The number of phenols is 1. The highest BCUT2D eigenvalue weighted by atomic mass is 16.5. The Morgan fingerprint density at radius 2 is 2.22 bits per heavy atom. The van der Waals surface area contributed by atoms with Crippen molar-refractivity contribution in [3.63, 3.8) is 0 Å². The van der Waals surface area contributed by atoms with Gasteiger partial charge in [0.25, 0.3) is 0 Å². The molecule has 0 aromatic heterocycles. The normalized spacial score (nSPS) is 22.5. The molecule has 1 aliphatic heterocycles. The van der Waals surface area contributed by atoms with Gasteiger partial charge in [0.1, 0.15) is 0 Å².